The molecule has 0 fully saturated rings. The van der Waals surface area contributed by atoms with Crippen LogP contribution >= 0.6 is 0 Å². The molecule has 0 aromatic heterocycles. The second-order valence-electron chi connectivity index (χ2n) is 6.52. The molecule has 0 saturated heterocycles. The third kappa shape index (κ3) is 5.78. The van der Waals surface area contributed by atoms with Crippen molar-refractivity contribution >= 4 is 17.6 Å². The molecule has 1 aromatic carbocycles. The van der Waals surface area contributed by atoms with Crippen molar-refractivity contribution in [1.29, 1.82) is 5.41 Å². The van der Waals surface area contributed by atoms with Crippen LogP contribution in [0, 0.1) is 17.2 Å². The first-order chi connectivity index (χ1) is 9.97. The predicted octanol–water partition coefficient (Wildman–Crippen LogP) is 4.62. The van der Waals surface area contributed by atoms with Gasteiger partial charge in [-0.05, 0) is 42.9 Å². The molecular formula is C18H31N3. The van der Waals surface area contributed by atoms with Gasteiger partial charge in [-0.3, -0.25) is 0 Å². The number of benzene rings is 1. The summed E-state index contributed by atoms with van der Waals surface area (Å²) in [6.07, 6.45) is 3.83. The number of hydrogen-bond donors (Lipinski definition) is 2. The summed E-state index contributed by atoms with van der Waals surface area (Å²) < 4.78 is 0. The van der Waals surface area contributed by atoms with E-state index in [9.17, 15) is 0 Å². The molecule has 21 heavy (non-hydrogen) atoms. The lowest BCUT2D eigenvalue weighted by molar-refractivity contribution is 0.535. The molecule has 118 valence electrons. The maximum absolute atomic E-state index is 7.58. The van der Waals surface area contributed by atoms with Gasteiger partial charge in [0.15, 0.2) is 0 Å². The van der Waals surface area contributed by atoms with Crippen molar-refractivity contribution in [3.63, 3.8) is 0 Å². The van der Waals surface area contributed by atoms with Crippen molar-refractivity contribution in [2.45, 2.75) is 40.5 Å². The molecule has 3 heteroatoms. The molecule has 1 rings (SSSR count). The van der Waals surface area contributed by atoms with Gasteiger partial charge in [0.25, 0.3) is 0 Å². The van der Waals surface area contributed by atoms with Crippen LogP contribution in [0.15, 0.2) is 18.2 Å². The fourth-order valence-corrected chi connectivity index (χ4v) is 2.29. The Balaban J connectivity index is 2.92. The van der Waals surface area contributed by atoms with Gasteiger partial charge in [0.1, 0.15) is 0 Å². The first-order valence-electron chi connectivity index (χ1n) is 8.05. The standard InChI is InChI=1S/C18H31N3/c1-14(2)8-10-21(11-9-15(3)4)17-6-7-18(20-5)16(12-17)13-19/h6-7,12-15,19-20H,8-11H2,1-5H3. The average Bonchev–Trinajstić information content (AvgIpc) is 2.46. The van der Waals surface area contributed by atoms with E-state index in [-0.39, 0.29) is 0 Å². The Hall–Kier alpha value is -1.51. The van der Waals surface area contributed by atoms with Crippen molar-refractivity contribution in [3.8, 4) is 0 Å². The zero-order valence-electron chi connectivity index (χ0n) is 14.2. The maximum atomic E-state index is 7.58. The summed E-state index contributed by atoms with van der Waals surface area (Å²) in [6.45, 7) is 11.3. The predicted molar refractivity (Wildman–Crippen MR) is 95.0 cm³/mol. The van der Waals surface area contributed by atoms with Gasteiger partial charge in [-0.25, -0.2) is 0 Å². The van der Waals surface area contributed by atoms with Crippen LogP contribution in [-0.4, -0.2) is 26.4 Å². The highest BCUT2D eigenvalue weighted by Gasteiger charge is 2.10. The minimum Gasteiger partial charge on any atom is -0.388 e. The molecule has 2 N–H and O–H groups in total. The minimum absolute atomic E-state index is 0.713. The van der Waals surface area contributed by atoms with E-state index in [1.807, 2.05) is 7.05 Å². The molecule has 0 bridgehead atoms. The second-order valence-corrected chi connectivity index (χ2v) is 6.52. The zero-order chi connectivity index (χ0) is 15.8. The minimum atomic E-state index is 0.713. The number of nitrogens with one attached hydrogen (secondary N) is 2. The summed E-state index contributed by atoms with van der Waals surface area (Å²) in [7, 11) is 1.90. The van der Waals surface area contributed by atoms with Gasteiger partial charge in [-0.15, -0.1) is 0 Å². The molecule has 0 unspecified atom stereocenters. The largest absolute Gasteiger partial charge is 0.388 e. The van der Waals surface area contributed by atoms with E-state index in [1.54, 1.807) is 0 Å². The Morgan fingerprint density at radius 1 is 1.10 bits per heavy atom. The molecular weight excluding hydrogens is 258 g/mol. The van der Waals surface area contributed by atoms with Gasteiger partial charge in [0.05, 0.1) is 0 Å². The van der Waals surface area contributed by atoms with Crippen LogP contribution in [0.25, 0.3) is 0 Å². The molecule has 0 amide bonds. The summed E-state index contributed by atoms with van der Waals surface area (Å²) in [5.74, 6) is 1.43. The highest BCUT2D eigenvalue weighted by Crippen LogP contribution is 2.23. The summed E-state index contributed by atoms with van der Waals surface area (Å²) in [6, 6.07) is 6.37. The van der Waals surface area contributed by atoms with Crippen LogP contribution < -0.4 is 10.2 Å². The lowest BCUT2D eigenvalue weighted by atomic mass is 10.1. The SMILES string of the molecule is CNc1ccc(N(CCC(C)C)CCC(C)C)cc1C=N. The highest BCUT2D eigenvalue weighted by atomic mass is 15.1. The zero-order valence-corrected chi connectivity index (χ0v) is 14.2. The van der Waals surface area contributed by atoms with Gasteiger partial charge in [0.2, 0.25) is 0 Å². The van der Waals surface area contributed by atoms with E-state index < -0.39 is 0 Å². The fourth-order valence-electron chi connectivity index (χ4n) is 2.29. The van der Waals surface area contributed by atoms with Crippen molar-refractivity contribution in [1.82, 2.24) is 0 Å². The molecule has 0 saturated carbocycles. The van der Waals surface area contributed by atoms with Gasteiger partial charge in [0, 0.05) is 43.3 Å². The first-order valence-corrected chi connectivity index (χ1v) is 8.05. The van der Waals surface area contributed by atoms with Crippen LogP contribution in [0.2, 0.25) is 0 Å². The number of rotatable bonds is 9. The van der Waals surface area contributed by atoms with E-state index in [1.165, 1.54) is 24.7 Å². The Kier molecular flexibility index (Phi) is 7.27. The van der Waals surface area contributed by atoms with Crippen molar-refractivity contribution in [2.24, 2.45) is 11.8 Å². The summed E-state index contributed by atoms with van der Waals surface area (Å²) in [5.41, 5.74) is 3.20. The van der Waals surface area contributed by atoms with E-state index in [2.05, 4.69) is 56.1 Å². The van der Waals surface area contributed by atoms with E-state index in [4.69, 9.17) is 5.41 Å². The lowest BCUT2D eigenvalue weighted by Gasteiger charge is -2.27. The van der Waals surface area contributed by atoms with Crippen molar-refractivity contribution in [3.05, 3.63) is 23.8 Å². The Labute approximate surface area is 130 Å². The highest BCUT2D eigenvalue weighted by molar-refractivity contribution is 5.87. The molecule has 1 aromatic rings. The third-order valence-electron chi connectivity index (χ3n) is 3.78. The summed E-state index contributed by atoms with van der Waals surface area (Å²) in [5, 5.41) is 10.7. The molecule has 0 aliphatic heterocycles. The van der Waals surface area contributed by atoms with E-state index in [0.29, 0.717) is 11.8 Å². The lowest BCUT2D eigenvalue weighted by Crippen LogP contribution is -2.27. The van der Waals surface area contributed by atoms with Crippen LogP contribution in [0.4, 0.5) is 11.4 Å². The van der Waals surface area contributed by atoms with Gasteiger partial charge < -0.3 is 15.6 Å². The topological polar surface area (TPSA) is 39.1 Å². The number of nitrogens with zero attached hydrogens (tertiary/aromatic N) is 1. The normalized spacial score (nSPS) is 11.0. The molecule has 0 aliphatic carbocycles. The number of anilines is 2. The Morgan fingerprint density at radius 2 is 1.67 bits per heavy atom. The third-order valence-corrected chi connectivity index (χ3v) is 3.78. The van der Waals surface area contributed by atoms with Gasteiger partial charge in [-0.2, -0.15) is 0 Å². The van der Waals surface area contributed by atoms with Crippen molar-refractivity contribution in [2.75, 3.05) is 30.4 Å². The smallest absolute Gasteiger partial charge is 0.0428 e. The van der Waals surface area contributed by atoms with Crippen LogP contribution in [-0.2, 0) is 0 Å². The van der Waals surface area contributed by atoms with Crippen LogP contribution in [0.1, 0.15) is 46.1 Å². The molecule has 0 spiro atoms. The Bertz CT molecular complexity index is 426. The monoisotopic (exact) mass is 289 g/mol. The molecule has 3 nitrogen and oxygen atoms in total. The van der Waals surface area contributed by atoms with Crippen LogP contribution in [0.3, 0.4) is 0 Å². The quantitative estimate of drug-likeness (QED) is 0.651. The van der Waals surface area contributed by atoms with E-state index >= 15 is 0 Å². The summed E-state index contributed by atoms with van der Waals surface area (Å²) in [4.78, 5) is 2.46. The Morgan fingerprint density at radius 3 is 2.10 bits per heavy atom. The van der Waals surface area contributed by atoms with Gasteiger partial charge >= 0.3 is 0 Å². The summed E-state index contributed by atoms with van der Waals surface area (Å²) >= 11 is 0. The maximum Gasteiger partial charge on any atom is 0.0428 e. The average molecular weight is 289 g/mol. The molecule has 0 atom stereocenters. The first kappa shape index (κ1) is 17.5. The number of hydrogen-bond acceptors (Lipinski definition) is 3. The van der Waals surface area contributed by atoms with Crippen molar-refractivity contribution < 1.29 is 0 Å². The van der Waals surface area contributed by atoms with Crippen LogP contribution in [0.5, 0.6) is 0 Å². The molecule has 0 aliphatic rings. The molecule has 0 radical (unpaired) electrons. The second kappa shape index (κ2) is 8.71. The fraction of sp³-hybridized carbons (Fsp3) is 0.611. The van der Waals surface area contributed by atoms with E-state index in [0.717, 1.165) is 24.3 Å². The molecule has 0 heterocycles. The van der Waals surface area contributed by atoms with Gasteiger partial charge in [-0.1, -0.05) is 27.7 Å².